The van der Waals surface area contributed by atoms with Gasteiger partial charge in [-0.3, -0.25) is 4.79 Å². The van der Waals surface area contributed by atoms with Gasteiger partial charge in [-0.15, -0.1) is 10.2 Å². The number of carbonyl (C=O) groups is 1. The monoisotopic (exact) mass is 298 g/mol. The SMILES string of the molecule is CCc1nnc(NC(=S)NC(=O)C2CCCCC2)s1. The first-order valence-corrected chi connectivity index (χ1v) is 7.85. The first kappa shape index (κ1) is 14.3. The molecule has 1 fully saturated rings. The largest absolute Gasteiger partial charge is 0.307 e. The summed E-state index contributed by atoms with van der Waals surface area (Å²) in [6, 6.07) is 0. The van der Waals surface area contributed by atoms with E-state index in [1.165, 1.54) is 17.8 Å². The molecule has 2 N–H and O–H groups in total. The van der Waals surface area contributed by atoms with Crippen molar-refractivity contribution in [1.29, 1.82) is 0 Å². The molecule has 7 heteroatoms. The van der Waals surface area contributed by atoms with E-state index in [0.29, 0.717) is 10.2 Å². The van der Waals surface area contributed by atoms with Crippen molar-refractivity contribution in [3.63, 3.8) is 0 Å². The molecule has 1 saturated carbocycles. The van der Waals surface area contributed by atoms with Crippen molar-refractivity contribution in [2.24, 2.45) is 5.92 Å². The highest BCUT2D eigenvalue weighted by Gasteiger charge is 2.21. The Bertz CT molecular complexity index is 454. The van der Waals surface area contributed by atoms with Crippen LogP contribution in [0.2, 0.25) is 0 Å². The molecule has 1 aliphatic rings. The lowest BCUT2D eigenvalue weighted by atomic mass is 9.89. The van der Waals surface area contributed by atoms with E-state index < -0.39 is 0 Å². The molecule has 104 valence electrons. The Morgan fingerprint density at radius 1 is 1.37 bits per heavy atom. The Morgan fingerprint density at radius 3 is 2.74 bits per heavy atom. The summed E-state index contributed by atoms with van der Waals surface area (Å²) in [5, 5.41) is 15.5. The summed E-state index contributed by atoms with van der Waals surface area (Å²) in [6.07, 6.45) is 6.28. The average molecular weight is 298 g/mol. The van der Waals surface area contributed by atoms with Crippen molar-refractivity contribution in [3.8, 4) is 0 Å². The molecular weight excluding hydrogens is 280 g/mol. The quantitative estimate of drug-likeness (QED) is 0.839. The highest BCUT2D eigenvalue weighted by atomic mass is 32.1. The molecule has 0 aliphatic heterocycles. The zero-order valence-corrected chi connectivity index (χ0v) is 12.6. The molecule has 1 aliphatic carbocycles. The van der Waals surface area contributed by atoms with Gasteiger partial charge in [0.25, 0.3) is 0 Å². The molecule has 1 aromatic rings. The zero-order chi connectivity index (χ0) is 13.7. The fraction of sp³-hybridized carbons (Fsp3) is 0.667. The van der Waals surface area contributed by atoms with Crippen LogP contribution in [0.5, 0.6) is 0 Å². The van der Waals surface area contributed by atoms with Crippen LogP contribution in [-0.2, 0) is 11.2 Å². The Labute approximate surface area is 122 Å². The van der Waals surface area contributed by atoms with Crippen LogP contribution < -0.4 is 10.6 Å². The van der Waals surface area contributed by atoms with Gasteiger partial charge in [-0.2, -0.15) is 0 Å². The summed E-state index contributed by atoms with van der Waals surface area (Å²) in [7, 11) is 0. The molecular formula is C12H18N4OS2. The van der Waals surface area contributed by atoms with Crippen LogP contribution in [0.1, 0.15) is 44.0 Å². The van der Waals surface area contributed by atoms with Gasteiger partial charge in [0, 0.05) is 5.92 Å². The molecule has 5 nitrogen and oxygen atoms in total. The summed E-state index contributed by atoms with van der Waals surface area (Å²) in [5.41, 5.74) is 0. The number of aryl methyl sites for hydroxylation is 1. The summed E-state index contributed by atoms with van der Waals surface area (Å²) in [6.45, 7) is 2.02. The molecule has 0 spiro atoms. The van der Waals surface area contributed by atoms with E-state index in [4.69, 9.17) is 12.2 Å². The summed E-state index contributed by atoms with van der Waals surface area (Å²) in [4.78, 5) is 12.0. The minimum atomic E-state index is 0.0254. The van der Waals surface area contributed by atoms with Gasteiger partial charge in [0.05, 0.1) is 0 Å². The van der Waals surface area contributed by atoms with Crippen molar-refractivity contribution in [2.45, 2.75) is 45.4 Å². The lowest BCUT2D eigenvalue weighted by Gasteiger charge is -2.20. The number of aromatic nitrogens is 2. The van der Waals surface area contributed by atoms with Gasteiger partial charge >= 0.3 is 0 Å². The average Bonchev–Trinajstić information content (AvgIpc) is 2.87. The molecule has 0 saturated heterocycles. The zero-order valence-electron chi connectivity index (χ0n) is 10.9. The topological polar surface area (TPSA) is 66.9 Å². The molecule has 1 aromatic heterocycles. The third kappa shape index (κ3) is 4.21. The number of nitrogens with one attached hydrogen (secondary N) is 2. The number of rotatable bonds is 3. The second kappa shape index (κ2) is 6.91. The van der Waals surface area contributed by atoms with Crippen LogP contribution in [0, 0.1) is 5.92 Å². The van der Waals surface area contributed by atoms with Crippen molar-refractivity contribution >= 4 is 39.7 Å². The fourth-order valence-corrected chi connectivity index (χ4v) is 3.10. The third-order valence-corrected chi connectivity index (χ3v) is 4.39. The number of anilines is 1. The molecule has 2 rings (SSSR count). The molecule has 0 aromatic carbocycles. The van der Waals surface area contributed by atoms with Crippen LogP contribution in [0.25, 0.3) is 0 Å². The number of hydrogen-bond acceptors (Lipinski definition) is 5. The fourth-order valence-electron chi connectivity index (χ4n) is 2.15. The minimum Gasteiger partial charge on any atom is -0.307 e. The third-order valence-electron chi connectivity index (χ3n) is 3.20. The summed E-state index contributed by atoms with van der Waals surface area (Å²) >= 11 is 6.57. The maximum atomic E-state index is 12.0. The predicted octanol–water partition coefficient (Wildman–Crippen LogP) is 2.49. The first-order chi connectivity index (χ1) is 9.19. The molecule has 0 atom stereocenters. The highest BCUT2D eigenvalue weighted by Crippen LogP contribution is 2.23. The number of carbonyl (C=O) groups excluding carboxylic acids is 1. The van der Waals surface area contributed by atoms with Gasteiger partial charge in [-0.1, -0.05) is 37.5 Å². The van der Waals surface area contributed by atoms with E-state index in [1.807, 2.05) is 6.92 Å². The Morgan fingerprint density at radius 2 is 2.11 bits per heavy atom. The van der Waals surface area contributed by atoms with Gasteiger partial charge in [-0.05, 0) is 31.5 Å². The lowest BCUT2D eigenvalue weighted by Crippen LogP contribution is -2.38. The standard InChI is InChI=1S/C12H18N4OS2/c1-2-9-15-16-12(19-9)14-11(18)13-10(17)8-6-4-3-5-7-8/h8H,2-7H2,1H3,(H2,13,14,16,17,18). The van der Waals surface area contributed by atoms with E-state index >= 15 is 0 Å². The number of amides is 1. The summed E-state index contributed by atoms with van der Waals surface area (Å²) in [5.74, 6) is 0.131. The Hall–Kier alpha value is -1.08. The van der Waals surface area contributed by atoms with E-state index in [0.717, 1.165) is 37.1 Å². The van der Waals surface area contributed by atoms with Crippen LogP contribution in [0.3, 0.4) is 0 Å². The van der Waals surface area contributed by atoms with Crippen LogP contribution in [0.15, 0.2) is 0 Å². The van der Waals surface area contributed by atoms with E-state index in [-0.39, 0.29) is 11.8 Å². The van der Waals surface area contributed by atoms with Crippen LogP contribution in [-0.4, -0.2) is 21.2 Å². The number of thiocarbonyl (C=S) groups is 1. The van der Waals surface area contributed by atoms with Crippen LogP contribution in [0.4, 0.5) is 5.13 Å². The smallest absolute Gasteiger partial charge is 0.229 e. The Balaban J connectivity index is 1.81. The van der Waals surface area contributed by atoms with Gasteiger partial charge in [0.1, 0.15) is 5.01 Å². The van der Waals surface area contributed by atoms with Crippen LogP contribution >= 0.6 is 23.6 Å². The maximum Gasteiger partial charge on any atom is 0.229 e. The molecule has 1 amide bonds. The van der Waals surface area contributed by atoms with Gasteiger partial charge in [0.2, 0.25) is 11.0 Å². The molecule has 19 heavy (non-hydrogen) atoms. The van der Waals surface area contributed by atoms with E-state index in [2.05, 4.69) is 20.8 Å². The molecule has 0 bridgehead atoms. The highest BCUT2D eigenvalue weighted by molar-refractivity contribution is 7.80. The maximum absolute atomic E-state index is 12.0. The molecule has 1 heterocycles. The molecule has 0 radical (unpaired) electrons. The lowest BCUT2D eigenvalue weighted by molar-refractivity contribution is -0.124. The van der Waals surface area contributed by atoms with Crippen molar-refractivity contribution in [2.75, 3.05) is 5.32 Å². The van der Waals surface area contributed by atoms with Gasteiger partial charge < -0.3 is 10.6 Å². The Kier molecular flexibility index (Phi) is 5.21. The van der Waals surface area contributed by atoms with E-state index in [9.17, 15) is 4.79 Å². The van der Waals surface area contributed by atoms with Crippen molar-refractivity contribution in [1.82, 2.24) is 15.5 Å². The minimum absolute atomic E-state index is 0.0254. The predicted molar refractivity (Wildman–Crippen MR) is 80.2 cm³/mol. The number of nitrogens with zero attached hydrogens (tertiary/aromatic N) is 2. The second-order valence-electron chi connectivity index (χ2n) is 4.63. The van der Waals surface area contributed by atoms with Crippen molar-refractivity contribution in [3.05, 3.63) is 5.01 Å². The molecule has 0 unspecified atom stereocenters. The van der Waals surface area contributed by atoms with Crippen molar-refractivity contribution < 1.29 is 4.79 Å². The van der Waals surface area contributed by atoms with Gasteiger partial charge in [-0.25, -0.2) is 0 Å². The van der Waals surface area contributed by atoms with Gasteiger partial charge in [0.15, 0.2) is 5.11 Å². The summed E-state index contributed by atoms with van der Waals surface area (Å²) < 4.78 is 0. The second-order valence-corrected chi connectivity index (χ2v) is 6.10. The first-order valence-electron chi connectivity index (χ1n) is 6.63. The normalized spacial score (nSPS) is 16.1. The van der Waals surface area contributed by atoms with E-state index in [1.54, 1.807) is 0 Å². The number of hydrogen-bond donors (Lipinski definition) is 2.